The summed E-state index contributed by atoms with van der Waals surface area (Å²) in [5.41, 5.74) is 6.74. The third-order valence-electron chi connectivity index (χ3n) is 4.44. The van der Waals surface area contributed by atoms with Gasteiger partial charge in [-0.1, -0.05) is 35.4 Å². The molecule has 2 aromatic carbocycles. The second-order valence-corrected chi connectivity index (χ2v) is 6.59. The van der Waals surface area contributed by atoms with E-state index >= 15 is 0 Å². The second-order valence-electron chi connectivity index (χ2n) is 6.59. The maximum Gasteiger partial charge on any atom is 0.153 e. The van der Waals surface area contributed by atoms with Gasteiger partial charge in [0.25, 0.3) is 0 Å². The molecule has 0 atom stereocenters. The van der Waals surface area contributed by atoms with E-state index < -0.39 is 6.85 Å². The number of fused-ring (bicyclic) bond motifs is 1. The van der Waals surface area contributed by atoms with E-state index in [1.807, 2.05) is 25.1 Å². The van der Waals surface area contributed by atoms with Crippen LogP contribution in [0, 0.1) is 27.6 Å². The Labute approximate surface area is 152 Å². The fourth-order valence-corrected chi connectivity index (χ4v) is 3.34. The lowest BCUT2D eigenvalue weighted by molar-refractivity contribution is 0.629. The summed E-state index contributed by atoms with van der Waals surface area (Å²) in [6.45, 7) is 3.83. The summed E-state index contributed by atoms with van der Waals surface area (Å²) in [5, 5.41) is 0.902. The Morgan fingerprint density at radius 1 is 0.920 bits per heavy atom. The number of benzene rings is 2. The second kappa shape index (κ2) is 5.89. The van der Waals surface area contributed by atoms with Crippen molar-refractivity contribution < 1.29 is 8.53 Å². The summed E-state index contributed by atoms with van der Waals surface area (Å²) in [6, 6.07) is 15.5. The third-order valence-corrected chi connectivity index (χ3v) is 4.44. The van der Waals surface area contributed by atoms with Gasteiger partial charge in [0, 0.05) is 20.6 Å². The largest absolute Gasteiger partial charge is 0.454 e. The number of aryl methyl sites for hydroxylation is 4. The van der Waals surface area contributed by atoms with Crippen molar-refractivity contribution in [3.05, 3.63) is 77.0 Å². The van der Waals surface area contributed by atoms with Crippen LogP contribution in [0.2, 0.25) is 0 Å². The van der Waals surface area contributed by atoms with E-state index in [0.717, 1.165) is 22.2 Å². The lowest BCUT2D eigenvalue weighted by Gasteiger charge is -2.05. The van der Waals surface area contributed by atoms with Crippen molar-refractivity contribution in [1.29, 1.82) is 0 Å². The van der Waals surface area contributed by atoms with Crippen molar-refractivity contribution in [2.75, 3.05) is 0 Å². The van der Waals surface area contributed by atoms with E-state index in [9.17, 15) is 0 Å². The molecule has 0 saturated carbocycles. The van der Waals surface area contributed by atoms with E-state index in [2.05, 4.69) is 37.0 Å². The van der Waals surface area contributed by atoms with E-state index in [-0.39, 0.29) is 0 Å². The van der Waals surface area contributed by atoms with Gasteiger partial charge in [0.05, 0.1) is 11.9 Å². The molecule has 25 heavy (non-hydrogen) atoms. The molecule has 2 heterocycles. The van der Waals surface area contributed by atoms with Gasteiger partial charge < -0.3 is 4.42 Å². The summed E-state index contributed by atoms with van der Waals surface area (Å²) in [7, 11) is 0. The Morgan fingerprint density at radius 3 is 2.44 bits per heavy atom. The smallest absolute Gasteiger partial charge is 0.153 e. The Bertz CT molecular complexity index is 1170. The summed E-state index contributed by atoms with van der Waals surface area (Å²) >= 11 is 0. The van der Waals surface area contributed by atoms with Crippen molar-refractivity contribution in [2.45, 2.75) is 27.6 Å². The fourth-order valence-electron chi connectivity index (χ4n) is 3.34. The minimum Gasteiger partial charge on any atom is -0.454 e. The van der Waals surface area contributed by atoms with Crippen LogP contribution in [0.3, 0.4) is 0 Å². The molecule has 2 heteroatoms. The first-order valence-corrected chi connectivity index (χ1v) is 8.31. The first-order chi connectivity index (χ1) is 13.2. The Kier molecular flexibility index (Phi) is 2.94. The summed E-state index contributed by atoms with van der Waals surface area (Å²) in [5.74, 6) is 0.554. The van der Waals surface area contributed by atoms with Crippen LogP contribution in [0.1, 0.15) is 26.4 Å². The molecule has 4 rings (SSSR count). The van der Waals surface area contributed by atoms with Crippen LogP contribution in [0.15, 0.2) is 59.1 Å². The first kappa shape index (κ1) is 12.5. The number of nitrogens with zero attached hydrogens (tertiary/aromatic N) is 1. The molecule has 2 aromatic heterocycles. The van der Waals surface area contributed by atoms with Crippen LogP contribution < -0.4 is 0 Å². The standard InChI is InChI=1S/C23H21NO/c1-14-8-15(2)10-18(9-14)20-11-19-12-21(25-22(19)13-24-20)23-16(3)6-5-7-17(23)4/h5-13H,1-4H3/i3D3. The van der Waals surface area contributed by atoms with Gasteiger partial charge in [-0.15, -0.1) is 0 Å². The van der Waals surface area contributed by atoms with E-state index in [0.29, 0.717) is 22.5 Å². The molecule has 0 saturated heterocycles. The molecule has 0 aliphatic heterocycles. The highest BCUT2D eigenvalue weighted by Crippen LogP contribution is 2.33. The molecule has 0 N–H and O–H groups in total. The first-order valence-electron chi connectivity index (χ1n) is 9.81. The highest BCUT2D eigenvalue weighted by atomic mass is 16.3. The van der Waals surface area contributed by atoms with Gasteiger partial charge in [-0.05, 0) is 63.0 Å². The number of pyridine rings is 1. The molecule has 0 aliphatic carbocycles. The molecule has 0 amide bonds. The number of hydrogen-bond donors (Lipinski definition) is 0. The average molecular weight is 330 g/mol. The lowest BCUT2D eigenvalue weighted by Crippen LogP contribution is -1.85. The van der Waals surface area contributed by atoms with Gasteiger partial charge >= 0.3 is 0 Å². The molecule has 0 aliphatic rings. The minimum atomic E-state index is -2.21. The molecule has 0 unspecified atom stereocenters. The van der Waals surface area contributed by atoms with Gasteiger partial charge in [0.1, 0.15) is 5.76 Å². The molecule has 4 aromatic rings. The zero-order chi connectivity index (χ0) is 20.1. The van der Waals surface area contributed by atoms with Gasteiger partial charge in [-0.3, -0.25) is 4.98 Å². The molecule has 0 spiro atoms. The molecule has 124 valence electrons. The van der Waals surface area contributed by atoms with Crippen molar-refractivity contribution in [2.24, 2.45) is 0 Å². The highest BCUT2D eigenvalue weighted by Gasteiger charge is 2.12. The van der Waals surface area contributed by atoms with Gasteiger partial charge in [0.2, 0.25) is 0 Å². The molecule has 0 radical (unpaired) electrons. The molecular formula is C23H21NO. The van der Waals surface area contributed by atoms with Crippen LogP contribution in [-0.2, 0) is 0 Å². The lowest BCUT2D eigenvalue weighted by atomic mass is 10.0. The van der Waals surface area contributed by atoms with Crippen molar-refractivity contribution in [3.63, 3.8) is 0 Å². The average Bonchev–Trinajstić information content (AvgIpc) is 3.02. The summed E-state index contributed by atoms with van der Waals surface area (Å²) in [6.07, 6.45) is 1.71. The fraction of sp³-hybridized carbons (Fsp3) is 0.174. The Balaban J connectivity index is 1.87. The van der Waals surface area contributed by atoms with Gasteiger partial charge in [0.15, 0.2) is 5.58 Å². The van der Waals surface area contributed by atoms with Crippen molar-refractivity contribution in [3.8, 4) is 22.6 Å². The number of aromatic nitrogens is 1. The van der Waals surface area contributed by atoms with Gasteiger partial charge in [-0.2, -0.15) is 0 Å². The highest BCUT2D eigenvalue weighted by molar-refractivity contribution is 5.86. The monoisotopic (exact) mass is 330 g/mol. The van der Waals surface area contributed by atoms with Crippen LogP contribution >= 0.6 is 0 Å². The van der Waals surface area contributed by atoms with Gasteiger partial charge in [-0.25, -0.2) is 0 Å². The molecule has 0 bridgehead atoms. The number of hydrogen-bond acceptors (Lipinski definition) is 2. The number of rotatable bonds is 2. The Hall–Kier alpha value is -2.87. The summed E-state index contributed by atoms with van der Waals surface area (Å²) in [4.78, 5) is 4.56. The van der Waals surface area contributed by atoms with Crippen LogP contribution in [0.5, 0.6) is 0 Å². The molecule has 0 fully saturated rings. The Morgan fingerprint density at radius 2 is 1.68 bits per heavy atom. The molecule has 2 nitrogen and oxygen atoms in total. The van der Waals surface area contributed by atoms with Crippen molar-refractivity contribution in [1.82, 2.24) is 4.98 Å². The van der Waals surface area contributed by atoms with E-state index in [1.165, 1.54) is 11.1 Å². The maximum absolute atomic E-state index is 7.86. The predicted octanol–water partition coefficient (Wildman–Crippen LogP) is 6.40. The van der Waals surface area contributed by atoms with E-state index in [1.54, 1.807) is 18.3 Å². The third kappa shape index (κ3) is 2.85. The summed E-state index contributed by atoms with van der Waals surface area (Å²) < 4.78 is 29.6. The number of furan rings is 1. The molecular weight excluding hydrogens is 306 g/mol. The topological polar surface area (TPSA) is 26.0 Å². The predicted molar refractivity (Wildman–Crippen MR) is 104 cm³/mol. The van der Waals surface area contributed by atoms with Crippen LogP contribution in [0.25, 0.3) is 33.6 Å². The van der Waals surface area contributed by atoms with E-state index in [4.69, 9.17) is 8.53 Å². The van der Waals surface area contributed by atoms with Crippen LogP contribution in [0.4, 0.5) is 0 Å². The normalized spacial score (nSPS) is 13.5. The zero-order valence-corrected chi connectivity index (χ0v) is 14.6. The minimum absolute atomic E-state index is 0.300. The zero-order valence-electron chi connectivity index (χ0n) is 17.6. The SMILES string of the molecule is [2H]C([2H])([2H])c1cccc(C)c1-c1cc2cc(-c3cc(C)cc(C)c3)ncc2o1. The quantitative estimate of drug-likeness (QED) is 0.425. The maximum atomic E-state index is 7.86. The van der Waals surface area contributed by atoms with Crippen molar-refractivity contribution >= 4 is 11.0 Å². The van der Waals surface area contributed by atoms with Crippen LogP contribution in [-0.4, -0.2) is 4.98 Å².